The van der Waals surface area contributed by atoms with E-state index in [0.29, 0.717) is 0 Å². The maximum absolute atomic E-state index is 3.71. The number of fused-ring (bicyclic) bond motifs is 2. The van der Waals surface area contributed by atoms with Gasteiger partial charge in [0, 0.05) is 30.2 Å². The molecule has 2 bridgehead atoms. The Hall–Kier alpha value is -0.120. The van der Waals surface area contributed by atoms with Crippen LogP contribution in [0.1, 0.15) is 72.1 Å². The molecule has 0 aromatic heterocycles. The first-order chi connectivity index (χ1) is 9.70. The van der Waals surface area contributed by atoms with Gasteiger partial charge in [0.1, 0.15) is 0 Å². The first kappa shape index (κ1) is 14.8. The molecule has 3 fully saturated rings. The highest BCUT2D eigenvalue weighted by atomic mass is 15.7. The monoisotopic (exact) mass is 279 g/mol. The summed E-state index contributed by atoms with van der Waals surface area (Å²) in [4.78, 5) is 0. The second-order valence-corrected chi connectivity index (χ2v) is 7.35. The van der Waals surface area contributed by atoms with E-state index in [0.717, 1.165) is 36.8 Å². The zero-order valence-electron chi connectivity index (χ0n) is 13.6. The van der Waals surface area contributed by atoms with Gasteiger partial charge >= 0.3 is 0 Å². The van der Waals surface area contributed by atoms with Gasteiger partial charge in [-0.25, -0.2) is 10.0 Å². The highest BCUT2D eigenvalue weighted by Gasteiger charge is 2.43. The van der Waals surface area contributed by atoms with Crippen LogP contribution in [0.4, 0.5) is 0 Å². The lowest BCUT2D eigenvalue weighted by atomic mass is 9.82. The maximum Gasteiger partial charge on any atom is 0.0264 e. The van der Waals surface area contributed by atoms with Crippen LogP contribution in [0.5, 0.6) is 0 Å². The van der Waals surface area contributed by atoms with E-state index in [2.05, 4.69) is 36.1 Å². The molecule has 0 spiro atoms. The molecule has 0 aliphatic carbocycles. The Balaban J connectivity index is 1.75. The summed E-state index contributed by atoms with van der Waals surface area (Å²) in [5.74, 6) is 0. The van der Waals surface area contributed by atoms with Gasteiger partial charge in [0.2, 0.25) is 0 Å². The molecule has 0 saturated carbocycles. The Morgan fingerprint density at radius 1 is 0.850 bits per heavy atom. The highest BCUT2D eigenvalue weighted by Crippen LogP contribution is 2.38. The number of nitrogens with zero attached hydrogens (tertiary/aromatic N) is 2. The van der Waals surface area contributed by atoms with Crippen LogP contribution in [-0.4, -0.2) is 46.8 Å². The quantitative estimate of drug-likeness (QED) is 0.856. The smallest absolute Gasteiger partial charge is 0.0264 e. The molecule has 20 heavy (non-hydrogen) atoms. The molecular formula is C17H33N3. The SMILES string of the molecule is CCNC1CC2CCCC(C1)N2N1C(C)CCCC1C. The zero-order valence-corrected chi connectivity index (χ0v) is 13.6. The Morgan fingerprint density at radius 2 is 1.40 bits per heavy atom. The van der Waals surface area contributed by atoms with Crippen molar-refractivity contribution in [3.8, 4) is 0 Å². The third-order valence-electron chi connectivity index (χ3n) is 5.84. The van der Waals surface area contributed by atoms with Crippen molar-refractivity contribution in [2.45, 2.75) is 102 Å². The van der Waals surface area contributed by atoms with E-state index in [1.54, 1.807) is 0 Å². The molecule has 0 aromatic carbocycles. The van der Waals surface area contributed by atoms with Gasteiger partial charge in [-0.1, -0.05) is 19.8 Å². The van der Waals surface area contributed by atoms with E-state index in [4.69, 9.17) is 0 Å². The van der Waals surface area contributed by atoms with Gasteiger partial charge in [-0.2, -0.15) is 0 Å². The van der Waals surface area contributed by atoms with Crippen molar-refractivity contribution >= 4 is 0 Å². The molecule has 0 amide bonds. The standard InChI is InChI=1S/C17H33N3/c1-4-18-15-11-16-9-6-10-17(12-15)20(16)19-13(2)7-5-8-14(19)3/h13-18H,4-12H2,1-3H3. The van der Waals surface area contributed by atoms with Gasteiger partial charge < -0.3 is 5.32 Å². The van der Waals surface area contributed by atoms with Crippen LogP contribution in [0.2, 0.25) is 0 Å². The van der Waals surface area contributed by atoms with Gasteiger partial charge in [0.15, 0.2) is 0 Å². The summed E-state index contributed by atoms with van der Waals surface area (Å²) in [5, 5.41) is 9.36. The van der Waals surface area contributed by atoms with E-state index >= 15 is 0 Å². The van der Waals surface area contributed by atoms with Crippen LogP contribution < -0.4 is 5.32 Å². The van der Waals surface area contributed by atoms with Gasteiger partial charge in [-0.15, -0.1) is 0 Å². The molecule has 116 valence electrons. The lowest BCUT2D eigenvalue weighted by Crippen LogP contribution is -2.66. The van der Waals surface area contributed by atoms with Crippen molar-refractivity contribution in [1.82, 2.24) is 15.3 Å². The lowest BCUT2D eigenvalue weighted by molar-refractivity contribution is -0.187. The summed E-state index contributed by atoms with van der Waals surface area (Å²) in [7, 11) is 0. The van der Waals surface area contributed by atoms with Gasteiger partial charge in [0.05, 0.1) is 0 Å². The average molecular weight is 279 g/mol. The molecule has 3 rings (SSSR count). The summed E-state index contributed by atoms with van der Waals surface area (Å²) < 4.78 is 0. The number of rotatable bonds is 3. The average Bonchev–Trinajstić information content (AvgIpc) is 2.39. The Kier molecular flexibility index (Phi) is 4.68. The zero-order chi connectivity index (χ0) is 14.1. The van der Waals surface area contributed by atoms with Crippen molar-refractivity contribution in [2.75, 3.05) is 6.54 Å². The van der Waals surface area contributed by atoms with Gasteiger partial charge in [0.25, 0.3) is 0 Å². The predicted molar refractivity (Wildman–Crippen MR) is 84.6 cm³/mol. The largest absolute Gasteiger partial charge is 0.314 e. The van der Waals surface area contributed by atoms with E-state index in [1.165, 1.54) is 51.4 Å². The van der Waals surface area contributed by atoms with Crippen LogP contribution in [-0.2, 0) is 0 Å². The number of piperidine rings is 3. The summed E-state index contributed by atoms with van der Waals surface area (Å²) in [5.41, 5.74) is 0. The van der Waals surface area contributed by atoms with E-state index in [-0.39, 0.29) is 0 Å². The first-order valence-electron chi connectivity index (χ1n) is 9.00. The summed E-state index contributed by atoms with van der Waals surface area (Å²) >= 11 is 0. The van der Waals surface area contributed by atoms with Crippen molar-refractivity contribution in [3.63, 3.8) is 0 Å². The summed E-state index contributed by atoms with van der Waals surface area (Å²) in [6, 6.07) is 3.86. The molecule has 3 aliphatic heterocycles. The van der Waals surface area contributed by atoms with Gasteiger partial charge in [-0.3, -0.25) is 0 Å². The van der Waals surface area contributed by atoms with Crippen molar-refractivity contribution in [2.24, 2.45) is 0 Å². The Morgan fingerprint density at radius 3 is 1.95 bits per heavy atom. The number of hydrogen-bond acceptors (Lipinski definition) is 3. The van der Waals surface area contributed by atoms with Crippen molar-refractivity contribution < 1.29 is 0 Å². The van der Waals surface area contributed by atoms with Crippen LogP contribution in [0, 0.1) is 0 Å². The number of hydrogen-bond donors (Lipinski definition) is 1. The first-order valence-corrected chi connectivity index (χ1v) is 9.00. The molecule has 0 radical (unpaired) electrons. The molecule has 4 atom stereocenters. The van der Waals surface area contributed by atoms with E-state index in [9.17, 15) is 0 Å². The molecule has 4 unspecified atom stereocenters. The number of nitrogens with one attached hydrogen (secondary N) is 1. The molecule has 1 N–H and O–H groups in total. The predicted octanol–water partition coefficient (Wildman–Crippen LogP) is 3.16. The molecular weight excluding hydrogens is 246 g/mol. The maximum atomic E-state index is 3.71. The van der Waals surface area contributed by atoms with Crippen LogP contribution in [0.3, 0.4) is 0 Å². The second-order valence-electron chi connectivity index (χ2n) is 7.35. The molecule has 3 heterocycles. The lowest BCUT2D eigenvalue weighted by Gasteiger charge is -2.57. The van der Waals surface area contributed by atoms with Crippen LogP contribution in [0.25, 0.3) is 0 Å². The normalized spacial score (nSPS) is 43.6. The minimum Gasteiger partial charge on any atom is -0.314 e. The van der Waals surface area contributed by atoms with Crippen LogP contribution >= 0.6 is 0 Å². The highest BCUT2D eigenvalue weighted by molar-refractivity contribution is 4.96. The molecule has 3 saturated heterocycles. The fourth-order valence-electron chi connectivity index (χ4n) is 5.05. The fraction of sp³-hybridized carbons (Fsp3) is 1.00. The fourth-order valence-corrected chi connectivity index (χ4v) is 5.05. The van der Waals surface area contributed by atoms with Crippen LogP contribution in [0.15, 0.2) is 0 Å². The molecule has 3 nitrogen and oxygen atoms in total. The minimum atomic E-state index is 0.748. The minimum absolute atomic E-state index is 0.748. The van der Waals surface area contributed by atoms with E-state index < -0.39 is 0 Å². The van der Waals surface area contributed by atoms with Crippen molar-refractivity contribution in [3.05, 3.63) is 0 Å². The molecule has 3 aliphatic rings. The summed E-state index contributed by atoms with van der Waals surface area (Å²) in [6.45, 7) is 8.26. The summed E-state index contributed by atoms with van der Waals surface area (Å²) in [6.07, 6.45) is 11.2. The Bertz CT molecular complexity index is 295. The molecule has 0 aromatic rings. The third kappa shape index (κ3) is 2.77. The topological polar surface area (TPSA) is 18.5 Å². The number of hydrazine groups is 1. The molecule has 3 heteroatoms. The van der Waals surface area contributed by atoms with Gasteiger partial charge in [-0.05, 0) is 58.9 Å². The second kappa shape index (κ2) is 6.33. The van der Waals surface area contributed by atoms with Crippen molar-refractivity contribution in [1.29, 1.82) is 0 Å². The Labute approximate surface area is 125 Å². The third-order valence-corrected chi connectivity index (χ3v) is 5.84. The van der Waals surface area contributed by atoms with E-state index in [1.807, 2.05) is 0 Å².